The highest BCUT2D eigenvalue weighted by Crippen LogP contribution is 2.55. The molecule has 3 saturated carbocycles. The van der Waals surface area contributed by atoms with Crippen molar-refractivity contribution in [1.29, 1.82) is 0 Å². The van der Waals surface area contributed by atoms with Gasteiger partial charge in [0, 0.05) is 0 Å². The molecular weight excluding hydrogens is 156 g/mol. The lowest BCUT2D eigenvalue weighted by Crippen LogP contribution is -2.39. The van der Waals surface area contributed by atoms with Gasteiger partial charge in [0.1, 0.15) is 0 Å². The van der Waals surface area contributed by atoms with Crippen LogP contribution in [-0.4, -0.2) is 0 Å². The van der Waals surface area contributed by atoms with Crippen LogP contribution in [0, 0.1) is 17.3 Å². The van der Waals surface area contributed by atoms with E-state index in [4.69, 9.17) is 0 Å². The number of fused-ring (bicyclic) bond motifs is 2. The number of hydrogen-bond acceptors (Lipinski definition) is 0. The fourth-order valence-corrected chi connectivity index (χ4v) is 3.49. The quantitative estimate of drug-likeness (QED) is 0.583. The first kappa shape index (κ1) is 11.1. The lowest BCUT2D eigenvalue weighted by molar-refractivity contribution is 0.00310. The Morgan fingerprint density at radius 3 is 1.92 bits per heavy atom. The van der Waals surface area contributed by atoms with E-state index in [1.54, 1.807) is 12.8 Å². The van der Waals surface area contributed by atoms with Crippen molar-refractivity contribution in [1.82, 2.24) is 0 Å². The van der Waals surface area contributed by atoms with E-state index in [1.165, 1.54) is 25.7 Å². The fourth-order valence-electron chi connectivity index (χ4n) is 3.49. The van der Waals surface area contributed by atoms with Crippen molar-refractivity contribution in [3.8, 4) is 0 Å². The molecule has 0 aromatic heterocycles. The molecule has 78 valence electrons. The molecule has 0 saturated heterocycles. The summed E-state index contributed by atoms with van der Waals surface area (Å²) in [6.45, 7) is 8.83. The highest BCUT2D eigenvalue weighted by molar-refractivity contribution is 4.94. The molecule has 3 fully saturated rings. The summed E-state index contributed by atoms with van der Waals surface area (Å²) in [7, 11) is 0. The lowest BCUT2D eigenvalue weighted by Gasteiger charge is -2.51. The molecule has 0 spiro atoms. The molecule has 0 nitrogen and oxygen atoms in total. The fraction of sp³-hybridized carbons (Fsp3) is 1.00. The van der Waals surface area contributed by atoms with Crippen molar-refractivity contribution in [2.45, 2.75) is 66.2 Å². The third-order valence-electron chi connectivity index (χ3n) is 3.75. The Morgan fingerprint density at radius 2 is 1.54 bits per heavy atom. The van der Waals surface area contributed by atoms with E-state index < -0.39 is 0 Å². The number of rotatable bonds is 2. The zero-order valence-corrected chi connectivity index (χ0v) is 9.90. The largest absolute Gasteiger partial charge is 0.0683 e. The van der Waals surface area contributed by atoms with Gasteiger partial charge in [0.15, 0.2) is 0 Å². The maximum Gasteiger partial charge on any atom is -0.0321 e. The van der Waals surface area contributed by atoms with E-state index in [-0.39, 0.29) is 0 Å². The SMILES string of the molecule is CC.CCCC1(C)CC2CC(C2)C1. The minimum absolute atomic E-state index is 0.751. The summed E-state index contributed by atoms with van der Waals surface area (Å²) < 4.78 is 0. The van der Waals surface area contributed by atoms with E-state index in [9.17, 15) is 0 Å². The van der Waals surface area contributed by atoms with Crippen molar-refractivity contribution in [2.24, 2.45) is 17.3 Å². The van der Waals surface area contributed by atoms with E-state index in [0.29, 0.717) is 0 Å². The van der Waals surface area contributed by atoms with Crippen LogP contribution in [0.1, 0.15) is 66.2 Å². The average molecular weight is 182 g/mol. The van der Waals surface area contributed by atoms with Crippen LogP contribution < -0.4 is 0 Å². The molecule has 13 heavy (non-hydrogen) atoms. The second-order valence-electron chi connectivity index (χ2n) is 5.17. The summed E-state index contributed by atoms with van der Waals surface area (Å²) in [4.78, 5) is 0. The first-order valence-electron chi connectivity index (χ1n) is 6.22. The second-order valence-corrected chi connectivity index (χ2v) is 5.17. The van der Waals surface area contributed by atoms with Crippen LogP contribution in [0.15, 0.2) is 0 Å². The van der Waals surface area contributed by atoms with Gasteiger partial charge in [0.2, 0.25) is 0 Å². The van der Waals surface area contributed by atoms with Crippen LogP contribution in [0.2, 0.25) is 0 Å². The Labute approximate surface area is 84.1 Å². The van der Waals surface area contributed by atoms with Gasteiger partial charge in [-0.2, -0.15) is 0 Å². The van der Waals surface area contributed by atoms with Gasteiger partial charge in [-0.15, -0.1) is 0 Å². The summed E-state index contributed by atoms with van der Waals surface area (Å²) in [5.41, 5.74) is 0.751. The average Bonchev–Trinajstić information content (AvgIpc) is 2.05. The molecule has 0 aromatic carbocycles. The first-order chi connectivity index (χ1) is 6.22. The molecule has 3 rings (SSSR count). The molecule has 3 aliphatic carbocycles. The van der Waals surface area contributed by atoms with Gasteiger partial charge in [-0.05, 0) is 49.4 Å². The highest BCUT2D eigenvalue weighted by Gasteiger charge is 2.43. The van der Waals surface area contributed by atoms with Crippen LogP contribution in [-0.2, 0) is 0 Å². The van der Waals surface area contributed by atoms with Gasteiger partial charge >= 0.3 is 0 Å². The standard InChI is InChI=1S/C11H20.C2H6/c1-3-4-11(2)7-9-5-10(6-9)8-11;1-2/h9-10H,3-8H2,1-2H3;1-2H3. The molecular formula is C13H26. The minimum atomic E-state index is 0.751. The van der Waals surface area contributed by atoms with Gasteiger partial charge in [0.25, 0.3) is 0 Å². The molecule has 0 radical (unpaired) electrons. The molecule has 3 aliphatic rings. The maximum atomic E-state index is 2.51. The summed E-state index contributed by atoms with van der Waals surface area (Å²) in [6.07, 6.45) is 9.07. The second kappa shape index (κ2) is 4.48. The molecule has 0 aromatic rings. The van der Waals surface area contributed by atoms with E-state index in [2.05, 4.69) is 13.8 Å². The van der Waals surface area contributed by atoms with Gasteiger partial charge in [-0.25, -0.2) is 0 Å². The zero-order valence-electron chi connectivity index (χ0n) is 9.90. The van der Waals surface area contributed by atoms with Gasteiger partial charge in [-0.3, -0.25) is 0 Å². The Hall–Kier alpha value is 0. The first-order valence-corrected chi connectivity index (χ1v) is 6.22. The summed E-state index contributed by atoms with van der Waals surface area (Å²) in [5.74, 6) is 2.26. The van der Waals surface area contributed by atoms with Crippen molar-refractivity contribution < 1.29 is 0 Å². The molecule has 0 unspecified atom stereocenters. The summed E-state index contributed by atoms with van der Waals surface area (Å²) >= 11 is 0. The Kier molecular flexibility index (Phi) is 3.82. The topological polar surface area (TPSA) is 0 Å². The normalized spacial score (nSPS) is 41.5. The summed E-state index contributed by atoms with van der Waals surface area (Å²) in [6, 6.07) is 0. The van der Waals surface area contributed by atoms with Crippen LogP contribution in [0.3, 0.4) is 0 Å². The van der Waals surface area contributed by atoms with Crippen molar-refractivity contribution in [3.63, 3.8) is 0 Å². The Balaban J connectivity index is 0.000000396. The lowest BCUT2D eigenvalue weighted by atomic mass is 9.55. The summed E-state index contributed by atoms with van der Waals surface area (Å²) in [5, 5.41) is 0. The van der Waals surface area contributed by atoms with Crippen molar-refractivity contribution >= 4 is 0 Å². The van der Waals surface area contributed by atoms with Crippen LogP contribution in [0.25, 0.3) is 0 Å². The van der Waals surface area contributed by atoms with Crippen LogP contribution in [0.5, 0.6) is 0 Å². The maximum absolute atomic E-state index is 2.51. The van der Waals surface area contributed by atoms with E-state index in [1.807, 2.05) is 13.8 Å². The van der Waals surface area contributed by atoms with Crippen LogP contribution >= 0.6 is 0 Å². The predicted molar refractivity (Wildman–Crippen MR) is 59.8 cm³/mol. The Bertz CT molecular complexity index is 132. The molecule has 2 bridgehead atoms. The molecule has 0 heterocycles. The third-order valence-corrected chi connectivity index (χ3v) is 3.75. The van der Waals surface area contributed by atoms with Gasteiger partial charge in [-0.1, -0.05) is 34.1 Å². The van der Waals surface area contributed by atoms with Gasteiger partial charge < -0.3 is 0 Å². The molecule has 0 N–H and O–H groups in total. The van der Waals surface area contributed by atoms with Crippen molar-refractivity contribution in [2.75, 3.05) is 0 Å². The number of hydrogen-bond donors (Lipinski definition) is 0. The van der Waals surface area contributed by atoms with E-state index >= 15 is 0 Å². The van der Waals surface area contributed by atoms with E-state index in [0.717, 1.165) is 17.3 Å². The minimum Gasteiger partial charge on any atom is -0.0683 e. The van der Waals surface area contributed by atoms with Gasteiger partial charge in [0.05, 0.1) is 0 Å². The molecule has 0 heteroatoms. The molecule has 0 aliphatic heterocycles. The van der Waals surface area contributed by atoms with Crippen molar-refractivity contribution in [3.05, 3.63) is 0 Å². The third kappa shape index (κ3) is 2.48. The van der Waals surface area contributed by atoms with Crippen LogP contribution in [0.4, 0.5) is 0 Å². The predicted octanol–water partition coefficient (Wildman–Crippen LogP) is 4.64. The Morgan fingerprint density at radius 1 is 1.08 bits per heavy atom. The molecule has 0 atom stereocenters. The highest BCUT2D eigenvalue weighted by atomic mass is 14.5. The molecule has 0 amide bonds. The monoisotopic (exact) mass is 182 g/mol. The zero-order chi connectivity index (χ0) is 9.90. The smallest absolute Gasteiger partial charge is 0.0321 e.